The van der Waals surface area contributed by atoms with Crippen molar-refractivity contribution in [1.82, 2.24) is 4.90 Å². The zero-order chi connectivity index (χ0) is 18.0. The predicted molar refractivity (Wildman–Crippen MR) is 93.7 cm³/mol. The van der Waals surface area contributed by atoms with Crippen molar-refractivity contribution < 1.29 is 19.5 Å². The summed E-state index contributed by atoms with van der Waals surface area (Å²) >= 11 is 0. The van der Waals surface area contributed by atoms with Gasteiger partial charge in [0.15, 0.2) is 0 Å². The molecule has 0 bridgehead atoms. The Morgan fingerprint density at radius 2 is 2.12 bits per heavy atom. The summed E-state index contributed by atoms with van der Waals surface area (Å²) in [7, 11) is 0. The molecule has 3 amide bonds. The van der Waals surface area contributed by atoms with E-state index in [1.165, 1.54) is 0 Å². The van der Waals surface area contributed by atoms with Crippen LogP contribution in [0.4, 0.5) is 16.2 Å². The maximum atomic E-state index is 12.4. The highest BCUT2D eigenvalue weighted by Crippen LogP contribution is 2.30. The molecule has 7 nitrogen and oxygen atoms in total. The zero-order valence-electron chi connectivity index (χ0n) is 14.3. The molecule has 0 aliphatic carbocycles. The van der Waals surface area contributed by atoms with Gasteiger partial charge in [-0.1, -0.05) is 0 Å². The number of hydrogen-bond donors (Lipinski definition) is 2. The molecule has 1 atom stereocenters. The van der Waals surface area contributed by atoms with Gasteiger partial charge in [0.25, 0.3) is 0 Å². The second-order valence-corrected chi connectivity index (χ2v) is 6.54. The predicted octanol–water partition coefficient (Wildman–Crippen LogP) is 2.31. The molecule has 25 heavy (non-hydrogen) atoms. The Bertz CT molecular complexity index is 704. The Morgan fingerprint density at radius 3 is 2.84 bits per heavy atom. The first-order chi connectivity index (χ1) is 12.0. The number of hydrogen-bond acceptors (Lipinski definition) is 3. The fourth-order valence-corrected chi connectivity index (χ4v) is 3.55. The molecule has 1 fully saturated rings. The van der Waals surface area contributed by atoms with Crippen LogP contribution in [0, 0.1) is 5.92 Å². The molecule has 2 aliphatic heterocycles. The number of aryl methyl sites for hydroxylation is 1. The third kappa shape index (κ3) is 3.60. The molecule has 1 unspecified atom stereocenters. The van der Waals surface area contributed by atoms with E-state index in [4.69, 9.17) is 5.11 Å². The quantitative estimate of drug-likeness (QED) is 0.880. The summed E-state index contributed by atoms with van der Waals surface area (Å²) in [5.74, 6) is -1.22. The average molecular weight is 345 g/mol. The molecule has 0 saturated carbocycles. The van der Waals surface area contributed by atoms with Crippen LogP contribution in [0.25, 0.3) is 0 Å². The van der Waals surface area contributed by atoms with E-state index < -0.39 is 11.9 Å². The monoisotopic (exact) mass is 345 g/mol. The van der Waals surface area contributed by atoms with Crippen molar-refractivity contribution in [3.63, 3.8) is 0 Å². The number of nitrogens with one attached hydrogen (secondary N) is 1. The van der Waals surface area contributed by atoms with Crippen molar-refractivity contribution in [2.75, 3.05) is 29.9 Å². The van der Waals surface area contributed by atoms with Crippen LogP contribution in [0.1, 0.15) is 31.7 Å². The van der Waals surface area contributed by atoms with Gasteiger partial charge in [0.2, 0.25) is 5.91 Å². The zero-order valence-corrected chi connectivity index (χ0v) is 14.3. The van der Waals surface area contributed by atoms with Gasteiger partial charge < -0.3 is 20.2 Å². The molecule has 2 heterocycles. The third-order valence-electron chi connectivity index (χ3n) is 4.90. The number of carbonyl (C=O) groups excluding carboxylic acids is 2. The van der Waals surface area contributed by atoms with E-state index in [2.05, 4.69) is 5.32 Å². The SMILES string of the molecule is CCN1C(=O)CCc2cc(NC(=O)N3CCCC(C(=O)O)C3)ccc21. The van der Waals surface area contributed by atoms with Gasteiger partial charge in [-0.05, 0) is 49.9 Å². The van der Waals surface area contributed by atoms with Crippen LogP contribution in [0.15, 0.2) is 18.2 Å². The number of urea groups is 1. The lowest BCUT2D eigenvalue weighted by atomic mass is 9.98. The first kappa shape index (κ1) is 17.3. The number of carboxylic acid groups (broad SMARTS) is 1. The summed E-state index contributed by atoms with van der Waals surface area (Å²) in [6.07, 6.45) is 2.45. The molecule has 7 heteroatoms. The number of nitrogens with zero attached hydrogens (tertiary/aromatic N) is 2. The van der Waals surface area contributed by atoms with Gasteiger partial charge in [-0.25, -0.2) is 4.79 Å². The van der Waals surface area contributed by atoms with Crippen LogP contribution < -0.4 is 10.2 Å². The van der Waals surface area contributed by atoms with E-state index in [0.717, 1.165) is 11.3 Å². The van der Waals surface area contributed by atoms with Crippen molar-refractivity contribution in [2.45, 2.75) is 32.6 Å². The fraction of sp³-hybridized carbons (Fsp3) is 0.500. The van der Waals surface area contributed by atoms with Gasteiger partial charge in [0, 0.05) is 37.4 Å². The molecule has 0 radical (unpaired) electrons. The molecule has 0 spiro atoms. The van der Waals surface area contributed by atoms with E-state index >= 15 is 0 Å². The molecule has 1 aromatic rings. The van der Waals surface area contributed by atoms with Crippen molar-refractivity contribution >= 4 is 29.3 Å². The highest BCUT2D eigenvalue weighted by atomic mass is 16.4. The van der Waals surface area contributed by atoms with E-state index in [0.29, 0.717) is 44.5 Å². The van der Waals surface area contributed by atoms with Crippen LogP contribution in [0.5, 0.6) is 0 Å². The second-order valence-electron chi connectivity index (χ2n) is 6.54. The number of benzene rings is 1. The number of carbonyl (C=O) groups is 3. The average Bonchev–Trinajstić information content (AvgIpc) is 2.62. The molecular weight excluding hydrogens is 322 g/mol. The molecule has 3 rings (SSSR count). The van der Waals surface area contributed by atoms with Crippen LogP contribution >= 0.6 is 0 Å². The van der Waals surface area contributed by atoms with Gasteiger partial charge >= 0.3 is 12.0 Å². The molecule has 2 N–H and O–H groups in total. The van der Waals surface area contributed by atoms with E-state index in [1.807, 2.05) is 19.1 Å². The van der Waals surface area contributed by atoms with E-state index in [-0.39, 0.29) is 18.5 Å². The fourth-order valence-electron chi connectivity index (χ4n) is 3.55. The van der Waals surface area contributed by atoms with Crippen LogP contribution in [0.2, 0.25) is 0 Å². The van der Waals surface area contributed by atoms with Crippen molar-refractivity contribution in [1.29, 1.82) is 0 Å². The van der Waals surface area contributed by atoms with Gasteiger partial charge in [-0.3, -0.25) is 9.59 Å². The number of fused-ring (bicyclic) bond motifs is 1. The number of likely N-dealkylation sites (tertiary alicyclic amines) is 1. The smallest absolute Gasteiger partial charge is 0.321 e. The summed E-state index contributed by atoms with van der Waals surface area (Å²) in [6, 6.07) is 5.28. The number of amides is 3. The van der Waals surface area contributed by atoms with Gasteiger partial charge in [-0.15, -0.1) is 0 Å². The summed E-state index contributed by atoms with van der Waals surface area (Å²) in [4.78, 5) is 38.8. The van der Waals surface area contributed by atoms with Crippen molar-refractivity contribution in [2.24, 2.45) is 5.92 Å². The lowest BCUT2D eigenvalue weighted by Gasteiger charge is -2.31. The van der Waals surface area contributed by atoms with Crippen LogP contribution in [0.3, 0.4) is 0 Å². The van der Waals surface area contributed by atoms with Gasteiger partial charge in [0.1, 0.15) is 0 Å². The third-order valence-corrected chi connectivity index (χ3v) is 4.90. The summed E-state index contributed by atoms with van der Waals surface area (Å²) < 4.78 is 0. The second kappa shape index (κ2) is 7.13. The maximum absolute atomic E-state index is 12.4. The topological polar surface area (TPSA) is 90.0 Å². The molecule has 0 aromatic heterocycles. The van der Waals surface area contributed by atoms with E-state index in [1.54, 1.807) is 15.9 Å². The minimum atomic E-state index is -0.851. The number of piperidine rings is 1. The molecular formula is C18H23N3O4. The number of anilines is 2. The summed E-state index contributed by atoms with van der Waals surface area (Å²) in [5.41, 5.74) is 2.62. The lowest BCUT2D eigenvalue weighted by Crippen LogP contribution is -2.44. The lowest BCUT2D eigenvalue weighted by molar-refractivity contribution is -0.143. The molecule has 1 saturated heterocycles. The normalized spacial score (nSPS) is 20.2. The number of carboxylic acids is 1. The Kier molecular flexibility index (Phi) is 4.92. The van der Waals surface area contributed by atoms with Gasteiger partial charge in [0.05, 0.1) is 5.92 Å². The van der Waals surface area contributed by atoms with E-state index in [9.17, 15) is 14.4 Å². The van der Waals surface area contributed by atoms with Crippen molar-refractivity contribution in [3.8, 4) is 0 Å². The largest absolute Gasteiger partial charge is 0.481 e. The molecule has 1 aromatic carbocycles. The Balaban J connectivity index is 1.70. The maximum Gasteiger partial charge on any atom is 0.321 e. The van der Waals surface area contributed by atoms with Crippen LogP contribution in [-0.4, -0.2) is 47.5 Å². The first-order valence-electron chi connectivity index (χ1n) is 8.71. The molecule has 2 aliphatic rings. The summed E-state index contributed by atoms with van der Waals surface area (Å²) in [5, 5.41) is 12.0. The summed E-state index contributed by atoms with van der Waals surface area (Å²) in [6.45, 7) is 3.38. The van der Waals surface area contributed by atoms with Crippen molar-refractivity contribution in [3.05, 3.63) is 23.8 Å². The number of rotatable bonds is 3. The number of aliphatic carboxylic acids is 1. The minimum absolute atomic E-state index is 0.125. The standard InChI is InChI=1S/C18H23N3O4/c1-2-21-15-7-6-14(10-12(15)5-8-16(21)22)19-18(25)20-9-3-4-13(11-20)17(23)24/h6-7,10,13H,2-5,8-9,11H2,1H3,(H,19,25)(H,23,24). The Labute approximate surface area is 146 Å². The highest BCUT2D eigenvalue weighted by Gasteiger charge is 2.28. The minimum Gasteiger partial charge on any atom is -0.481 e. The first-order valence-corrected chi connectivity index (χ1v) is 8.71. The van der Waals surface area contributed by atoms with Gasteiger partial charge in [-0.2, -0.15) is 0 Å². The Hall–Kier alpha value is -2.57. The highest BCUT2D eigenvalue weighted by molar-refractivity contribution is 5.97. The molecule has 134 valence electrons. The van der Waals surface area contributed by atoms with Crippen LogP contribution in [-0.2, 0) is 16.0 Å². The Morgan fingerprint density at radius 1 is 1.32 bits per heavy atom.